The van der Waals surface area contributed by atoms with E-state index in [-0.39, 0.29) is 0 Å². The minimum absolute atomic E-state index is 0.529. The van der Waals surface area contributed by atoms with E-state index >= 15 is 0 Å². The molecular weight excluding hydrogens is 341 g/mol. The maximum atomic E-state index is 12.6. The van der Waals surface area contributed by atoms with Crippen LogP contribution in [0.5, 0.6) is 0 Å². The minimum atomic E-state index is -4.35. The first-order valence-electron chi connectivity index (χ1n) is 7.83. The van der Waals surface area contributed by atoms with Crippen molar-refractivity contribution in [2.24, 2.45) is 0 Å². The first kappa shape index (κ1) is 16.1. The van der Waals surface area contributed by atoms with Gasteiger partial charge < -0.3 is 10.3 Å². The number of H-pyrrole nitrogens is 1. The van der Waals surface area contributed by atoms with Crippen molar-refractivity contribution in [3.63, 3.8) is 0 Å². The van der Waals surface area contributed by atoms with Crippen molar-refractivity contribution in [2.75, 3.05) is 5.32 Å². The number of hydrogen-bond acceptors (Lipinski definition) is 3. The first-order chi connectivity index (χ1) is 12.5. The highest BCUT2D eigenvalue weighted by Crippen LogP contribution is 2.30. The molecule has 0 aliphatic rings. The fourth-order valence-electron chi connectivity index (χ4n) is 2.64. The van der Waals surface area contributed by atoms with E-state index in [2.05, 4.69) is 20.3 Å². The van der Waals surface area contributed by atoms with Gasteiger partial charge in [0.1, 0.15) is 5.82 Å². The fraction of sp³-hybridized carbons (Fsp3) is 0.0526. The number of rotatable bonds is 3. The molecule has 26 heavy (non-hydrogen) atoms. The molecule has 3 heterocycles. The SMILES string of the molecule is FC(F)(F)c1ccc(Nc2cc3[nH]c(-c4ccccn4)cc3cn2)cc1. The molecule has 0 atom stereocenters. The largest absolute Gasteiger partial charge is 0.416 e. The number of halogens is 3. The van der Waals surface area contributed by atoms with E-state index in [9.17, 15) is 13.2 Å². The van der Waals surface area contributed by atoms with E-state index in [0.717, 1.165) is 34.4 Å². The van der Waals surface area contributed by atoms with Gasteiger partial charge in [-0.05, 0) is 42.5 Å². The molecule has 0 saturated carbocycles. The predicted octanol–water partition coefficient (Wildman–Crippen LogP) is 5.39. The summed E-state index contributed by atoms with van der Waals surface area (Å²) in [4.78, 5) is 11.9. The van der Waals surface area contributed by atoms with Crippen LogP contribution in [0, 0.1) is 0 Å². The molecule has 4 nitrogen and oxygen atoms in total. The van der Waals surface area contributed by atoms with Gasteiger partial charge in [-0.2, -0.15) is 13.2 Å². The summed E-state index contributed by atoms with van der Waals surface area (Å²) in [5.74, 6) is 0.534. The third-order valence-corrected chi connectivity index (χ3v) is 3.93. The molecule has 0 bridgehead atoms. The number of aromatic amines is 1. The smallest absolute Gasteiger partial charge is 0.353 e. The molecule has 1 aromatic carbocycles. The van der Waals surface area contributed by atoms with Crippen LogP contribution in [0.25, 0.3) is 22.3 Å². The first-order valence-corrected chi connectivity index (χ1v) is 7.83. The molecule has 0 fully saturated rings. The highest BCUT2D eigenvalue weighted by atomic mass is 19.4. The third-order valence-electron chi connectivity index (χ3n) is 3.93. The summed E-state index contributed by atoms with van der Waals surface area (Å²) in [6, 6.07) is 14.2. The molecule has 130 valence electrons. The molecule has 4 rings (SSSR count). The van der Waals surface area contributed by atoms with Crippen LogP contribution in [-0.2, 0) is 6.18 Å². The molecule has 7 heteroatoms. The van der Waals surface area contributed by atoms with Gasteiger partial charge in [-0.3, -0.25) is 4.98 Å². The Morgan fingerprint density at radius 3 is 2.42 bits per heavy atom. The molecule has 0 unspecified atom stereocenters. The molecule has 0 amide bonds. The zero-order chi connectivity index (χ0) is 18.1. The number of pyridine rings is 2. The lowest BCUT2D eigenvalue weighted by Gasteiger charge is -2.09. The Bertz CT molecular complexity index is 1040. The summed E-state index contributed by atoms with van der Waals surface area (Å²) in [5, 5.41) is 3.93. The van der Waals surface area contributed by atoms with Crippen molar-refractivity contribution >= 4 is 22.4 Å². The Morgan fingerprint density at radius 2 is 1.73 bits per heavy atom. The van der Waals surface area contributed by atoms with Crippen LogP contribution in [0.3, 0.4) is 0 Å². The van der Waals surface area contributed by atoms with Gasteiger partial charge in [0.15, 0.2) is 0 Å². The maximum absolute atomic E-state index is 12.6. The van der Waals surface area contributed by atoms with Crippen LogP contribution in [0.2, 0.25) is 0 Å². The number of alkyl halides is 3. The lowest BCUT2D eigenvalue weighted by atomic mass is 10.2. The lowest BCUT2D eigenvalue weighted by Crippen LogP contribution is -2.04. The fourth-order valence-corrected chi connectivity index (χ4v) is 2.64. The van der Waals surface area contributed by atoms with E-state index < -0.39 is 11.7 Å². The third kappa shape index (κ3) is 3.23. The molecule has 0 aliphatic carbocycles. The molecular formula is C19H13F3N4. The zero-order valence-corrected chi connectivity index (χ0v) is 13.4. The van der Waals surface area contributed by atoms with Gasteiger partial charge in [0, 0.05) is 29.5 Å². The molecule has 4 aromatic rings. The number of fused-ring (bicyclic) bond motifs is 1. The topological polar surface area (TPSA) is 53.6 Å². The standard InChI is InChI=1S/C19H13F3N4/c20-19(21,22)13-4-6-14(7-5-13)25-18-10-16-12(11-24-18)9-17(26-16)15-3-1-2-8-23-15/h1-11,26H,(H,24,25). The van der Waals surface area contributed by atoms with Crippen molar-refractivity contribution in [1.82, 2.24) is 15.0 Å². The van der Waals surface area contributed by atoms with Gasteiger partial charge in [0.2, 0.25) is 0 Å². The molecule has 0 saturated heterocycles. The van der Waals surface area contributed by atoms with Gasteiger partial charge >= 0.3 is 6.18 Å². The van der Waals surface area contributed by atoms with Crippen LogP contribution >= 0.6 is 0 Å². The summed E-state index contributed by atoms with van der Waals surface area (Å²) in [5.41, 5.74) is 2.39. The predicted molar refractivity (Wildman–Crippen MR) is 94.1 cm³/mol. The number of benzene rings is 1. The minimum Gasteiger partial charge on any atom is -0.353 e. The Balaban J connectivity index is 1.59. The van der Waals surface area contributed by atoms with E-state index in [0.29, 0.717) is 11.5 Å². The number of anilines is 2. The Kier molecular flexibility index (Phi) is 3.84. The highest BCUT2D eigenvalue weighted by molar-refractivity contribution is 5.86. The summed E-state index contributed by atoms with van der Waals surface area (Å²) in [7, 11) is 0. The Hall–Kier alpha value is -3.35. The molecule has 2 N–H and O–H groups in total. The zero-order valence-electron chi connectivity index (χ0n) is 13.4. The van der Waals surface area contributed by atoms with Crippen molar-refractivity contribution in [3.8, 4) is 11.4 Å². The maximum Gasteiger partial charge on any atom is 0.416 e. The van der Waals surface area contributed by atoms with E-state index in [4.69, 9.17) is 0 Å². The van der Waals surface area contributed by atoms with Crippen LogP contribution < -0.4 is 5.32 Å². The van der Waals surface area contributed by atoms with Crippen LogP contribution in [0.1, 0.15) is 5.56 Å². The average molecular weight is 354 g/mol. The Labute approximate surface area is 146 Å². The number of nitrogens with zero attached hydrogens (tertiary/aromatic N) is 2. The van der Waals surface area contributed by atoms with Crippen LogP contribution in [0.15, 0.2) is 67.0 Å². The summed E-state index contributed by atoms with van der Waals surface area (Å²) in [6.07, 6.45) is -0.927. The van der Waals surface area contributed by atoms with Gasteiger partial charge in [-0.15, -0.1) is 0 Å². The van der Waals surface area contributed by atoms with E-state index in [1.165, 1.54) is 12.1 Å². The van der Waals surface area contributed by atoms with Crippen LogP contribution in [-0.4, -0.2) is 15.0 Å². The van der Waals surface area contributed by atoms with Crippen LogP contribution in [0.4, 0.5) is 24.7 Å². The summed E-state index contributed by atoms with van der Waals surface area (Å²) >= 11 is 0. The molecule has 3 aromatic heterocycles. The molecule has 0 radical (unpaired) electrons. The second kappa shape index (κ2) is 6.18. The van der Waals surface area contributed by atoms with Crippen molar-refractivity contribution in [2.45, 2.75) is 6.18 Å². The number of aromatic nitrogens is 3. The highest BCUT2D eigenvalue weighted by Gasteiger charge is 2.29. The molecule has 0 spiro atoms. The average Bonchev–Trinajstić information content (AvgIpc) is 3.05. The van der Waals surface area contributed by atoms with Gasteiger partial charge in [0.25, 0.3) is 0 Å². The van der Waals surface area contributed by atoms with Crippen molar-refractivity contribution in [1.29, 1.82) is 0 Å². The normalized spacial score (nSPS) is 11.7. The quantitative estimate of drug-likeness (QED) is 0.519. The molecule has 0 aliphatic heterocycles. The van der Waals surface area contributed by atoms with Gasteiger partial charge in [-0.25, -0.2) is 4.98 Å². The number of hydrogen-bond donors (Lipinski definition) is 2. The summed E-state index contributed by atoms with van der Waals surface area (Å²) in [6.45, 7) is 0. The summed E-state index contributed by atoms with van der Waals surface area (Å²) < 4.78 is 37.9. The van der Waals surface area contributed by atoms with Crippen molar-refractivity contribution < 1.29 is 13.2 Å². The monoisotopic (exact) mass is 354 g/mol. The second-order valence-electron chi connectivity index (χ2n) is 5.75. The lowest BCUT2D eigenvalue weighted by molar-refractivity contribution is -0.137. The Morgan fingerprint density at radius 1 is 0.923 bits per heavy atom. The van der Waals surface area contributed by atoms with E-state index in [1.54, 1.807) is 18.5 Å². The van der Waals surface area contributed by atoms with E-state index in [1.807, 2.05) is 24.3 Å². The van der Waals surface area contributed by atoms with Gasteiger partial charge in [0.05, 0.1) is 22.5 Å². The van der Waals surface area contributed by atoms with Gasteiger partial charge in [-0.1, -0.05) is 6.07 Å². The second-order valence-corrected chi connectivity index (χ2v) is 5.75. The number of nitrogens with one attached hydrogen (secondary N) is 2. The van der Waals surface area contributed by atoms with Crippen molar-refractivity contribution in [3.05, 3.63) is 72.6 Å².